The first-order valence-corrected chi connectivity index (χ1v) is 10.7. The van der Waals surface area contributed by atoms with Crippen LogP contribution in [-0.2, 0) is 10.8 Å². The van der Waals surface area contributed by atoms with Gasteiger partial charge in [0.1, 0.15) is 7.05 Å². The number of rotatable bonds is 1. The molecule has 5 rings (SSSR count). The SMILES string of the molecule is CN1C(=CC2=[N+](C)c3ccccc3C2(C)C)C2(CCCCC2)c2ccccc21. The fourth-order valence-electron chi connectivity index (χ4n) is 6.06. The average Bonchev–Trinajstić information content (AvgIpc) is 3.05. The first kappa shape index (κ1) is 17.7. The Morgan fingerprint density at radius 3 is 2.25 bits per heavy atom. The van der Waals surface area contributed by atoms with Gasteiger partial charge >= 0.3 is 0 Å². The van der Waals surface area contributed by atoms with Crippen molar-refractivity contribution in [3.63, 3.8) is 0 Å². The van der Waals surface area contributed by atoms with E-state index in [0.29, 0.717) is 0 Å². The number of hydrogen-bond donors (Lipinski definition) is 0. The van der Waals surface area contributed by atoms with Crippen LogP contribution in [0.15, 0.2) is 60.3 Å². The third-order valence-electron chi connectivity index (χ3n) is 7.55. The van der Waals surface area contributed by atoms with Crippen LogP contribution in [0.5, 0.6) is 0 Å². The van der Waals surface area contributed by atoms with E-state index in [2.05, 4.69) is 92.0 Å². The molecule has 0 radical (unpaired) electrons. The van der Waals surface area contributed by atoms with Crippen LogP contribution >= 0.6 is 0 Å². The average molecular weight is 372 g/mol. The van der Waals surface area contributed by atoms with Crippen LogP contribution < -0.4 is 4.90 Å². The maximum Gasteiger partial charge on any atom is 0.209 e. The molecule has 1 aliphatic carbocycles. The molecule has 0 N–H and O–H groups in total. The number of para-hydroxylation sites is 2. The molecule has 2 aliphatic heterocycles. The number of allylic oxidation sites excluding steroid dienone is 2. The molecule has 0 aromatic heterocycles. The third kappa shape index (κ3) is 2.24. The molecule has 2 aromatic carbocycles. The Labute approximate surface area is 169 Å². The van der Waals surface area contributed by atoms with Gasteiger partial charge in [-0.25, -0.2) is 0 Å². The minimum Gasteiger partial charge on any atom is -0.347 e. The van der Waals surface area contributed by atoms with E-state index >= 15 is 0 Å². The first-order valence-electron chi connectivity index (χ1n) is 10.7. The molecule has 0 saturated heterocycles. The minimum absolute atomic E-state index is 0.0177. The maximum absolute atomic E-state index is 2.53. The van der Waals surface area contributed by atoms with Crippen LogP contribution in [0.25, 0.3) is 0 Å². The van der Waals surface area contributed by atoms with Gasteiger partial charge in [0, 0.05) is 41.6 Å². The molecule has 1 spiro atoms. The highest BCUT2D eigenvalue weighted by molar-refractivity contribution is 6.04. The molecule has 0 atom stereocenters. The van der Waals surface area contributed by atoms with E-state index in [1.807, 2.05) is 0 Å². The van der Waals surface area contributed by atoms with E-state index in [0.717, 1.165) is 0 Å². The summed E-state index contributed by atoms with van der Waals surface area (Å²) in [6.45, 7) is 4.74. The zero-order chi connectivity index (χ0) is 19.5. The van der Waals surface area contributed by atoms with Crippen LogP contribution in [0.4, 0.5) is 11.4 Å². The minimum atomic E-state index is 0.0177. The molecule has 2 nitrogen and oxygen atoms in total. The molecular formula is C26H31N2+. The molecule has 3 aliphatic rings. The van der Waals surface area contributed by atoms with Crippen molar-refractivity contribution in [2.45, 2.75) is 56.8 Å². The standard InChI is InChI=1S/C26H31N2/c1-25(2)19-12-6-8-14-21(19)27(3)23(25)18-24-26(16-10-5-11-17-26)20-13-7-9-15-22(20)28(24)4/h6-9,12-15,18H,5,10-11,16-17H2,1-4H3/q+1. The van der Waals surface area contributed by atoms with Crippen LogP contribution in [0.1, 0.15) is 57.1 Å². The summed E-state index contributed by atoms with van der Waals surface area (Å²) in [7, 11) is 4.50. The molecule has 2 heterocycles. The number of nitrogens with zero attached hydrogens (tertiary/aromatic N) is 2. The van der Waals surface area contributed by atoms with Crippen molar-refractivity contribution >= 4 is 17.1 Å². The fourth-order valence-corrected chi connectivity index (χ4v) is 6.06. The van der Waals surface area contributed by atoms with Gasteiger partial charge in [-0.15, -0.1) is 0 Å². The van der Waals surface area contributed by atoms with Crippen molar-refractivity contribution in [3.05, 3.63) is 71.4 Å². The predicted octanol–water partition coefficient (Wildman–Crippen LogP) is 5.93. The van der Waals surface area contributed by atoms with Crippen molar-refractivity contribution in [2.24, 2.45) is 0 Å². The summed E-state index contributed by atoms with van der Waals surface area (Å²) in [5.41, 5.74) is 8.82. The summed E-state index contributed by atoms with van der Waals surface area (Å²) in [4.78, 5) is 2.47. The van der Waals surface area contributed by atoms with E-state index < -0.39 is 0 Å². The van der Waals surface area contributed by atoms with Crippen LogP contribution in [0.3, 0.4) is 0 Å². The molecule has 0 amide bonds. The molecule has 28 heavy (non-hydrogen) atoms. The zero-order valence-corrected chi connectivity index (χ0v) is 17.6. The van der Waals surface area contributed by atoms with Gasteiger partial charge in [-0.2, -0.15) is 4.58 Å². The van der Waals surface area contributed by atoms with Crippen molar-refractivity contribution in [3.8, 4) is 0 Å². The Hall–Kier alpha value is -2.35. The van der Waals surface area contributed by atoms with Crippen molar-refractivity contribution in [2.75, 3.05) is 19.0 Å². The second-order valence-corrected chi connectivity index (χ2v) is 9.33. The van der Waals surface area contributed by atoms with Crippen LogP contribution in [-0.4, -0.2) is 24.4 Å². The van der Waals surface area contributed by atoms with E-state index in [1.54, 1.807) is 5.56 Å². The Bertz CT molecular complexity index is 1000. The van der Waals surface area contributed by atoms with Gasteiger partial charge in [0.15, 0.2) is 5.71 Å². The van der Waals surface area contributed by atoms with Gasteiger partial charge in [-0.3, -0.25) is 0 Å². The van der Waals surface area contributed by atoms with Crippen LogP contribution in [0.2, 0.25) is 0 Å². The molecule has 2 aromatic rings. The Morgan fingerprint density at radius 2 is 1.54 bits per heavy atom. The smallest absolute Gasteiger partial charge is 0.209 e. The topological polar surface area (TPSA) is 6.25 Å². The van der Waals surface area contributed by atoms with Gasteiger partial charge in [0.2, 0.25) is 5.69 Å². The Kier molecular flexibility index (Phi) is 3.84. The third-order valence-corrected chi connectivity index (χ3v) is 7.55. The highest BCUT2D eigenvalue weighted by atomic mass is 15.2. The highest BCUT2D eigenvalue weighted by Crippen LogP contribution is 2.55. The van der Waals surface area contributed by atoms with E-state index in [1.165, 1.54) is 60.5 Å². The van der Waals surface area contributed by atoms with Gasteiger partial charge in [-0.1, -0.05) is 55.7 Å². The fraction of sp³-hybridized carbons (Fsp3) is 0.423. The summed E-state index contributed by atoms with van der Waals surface area (Å²) in [5, 5.41) is 0. The quantitative estimate of drug-likeness (QED) is 0.563. The number of anilines is 1. The molecule has 0 bridgehead atoms. The van der Waals surface area contributed by atoms with Gasteiger partial charge in [0.05, 0.1) is 5.41 Å². The van der Waals surface area contributed by atoms with Crippen LogP contribution in [0, 0.1) is 0 Å². The van der Waals surface area contributed by atoms with Gasteiger partial charge < -0.3 is 4.90 Å². The summed E-state index contributed by atoms with van der Waals surface area (Å²) >= 11 is 0. The zero-order valence-electron chi connectivity index (χ0n) is 17.6. The van der Waals surface area contributed by atoms with Crippen molar-refractivity contribution in [1.29, 1.82) is 0 Å². The summed E-state index contributed by atoms with van der Waals surface area (Å²) in [6.07, 6.45) is 9.09. The number of fused-ring (bicyclic) bond motifs is 3. The molecule has 144 valence electrons. The summed E-state index contributed by atoms with van der Waals surface area (Å²) in [6, 6.07) is 18.0. The molecule has 1 fully saturated rings. The lowest BCUT2D eigenvalue weighted by atomic mass is 9.68. The Balaban J connectivity index is 1.71. The number of hydrogen-bond acceptors (Lipinski definition) is 1. The number of likely N-dealkylation sites (N-methyl/N-ethyl adjacent to an activating group) is 1. The highest BCUT2D eigenvalue weighted by Gasteiger charge is 2.49. The number of benzene rings is 2. The normalized spacial score (nSPS) is 23.4. The lowest BCUT2D eigenvalue weighted by Gasteiger charge is -2.36. The molecule has 1 saturated carbocycles. The molecule has 2 heteroatoms. The molecular weight excluding hydrogens is 340 g/mol. The largest absolute Gasteiger partial charge is 0.347 e. The second kappa shape index (κ2) is 6.07. The summed E-state index contributed by atoms with van der Waals surface area (Å²) in [5.74, 6) is 0. The maximum atomic E-state index is 2.53. The Morgan fingerprint density at radius 1 is 0.893 bits per heavy atom. The van der Waals surface area contributed by atoms with E-state index in [-0.39, 0.29) is 10.8 Å². The molecule has 0 unspecified atom stereocenters. The van der Waals surface area contributed by atoms with Crippen molar-refractivity contribution in [1.82, 2.24) is 0 Å². The predicted molar refractivity (Wildman–Crippen MR) is 118 cm³/mol. The lowest BCUT2D eigenvalue weighted by Crippen LogP contribution is -2.35. The monoisotopic (exact) mass is 371 g/mol. The van der Waals surface area contributed by atoms with E-state index in [9.17, 15) is 0 Å². The van der Waals surface area contributed by atoms with Gasteiger partial charge in [-0.05, 0) is 38.3 Å². The van der Waals surface area contributed by atoms with E-state index in [4.69, 9.17) is 0 Å². The lowest BCUT2D eigenvalue weighted by molar-refractivity contribution is -0.401. The first-order chi connectivity index (χ1) is 13.5. The van der Waals surface area contributed by atoms with Gasteiger partial charge in [0.25, 0.3) is 0 Å². The summed E-state index contributed by atoms with van der Waals surface area (Å²) < 4.78 is 2.41. The van der Waals surface area contributed by atoms with Crippen molar-refractivity contribution < 1.29 is 4.58 Å². The second-order valence-electron chi connectivity index (χ2n) is 9.33.